The van der Waals surface area contributed by atoms with E-state index < -0.39 is 0 Å². The van der Waals surface area contributed by atoms with Gasteiger partial charge in [-0.3, -0.25) is 4.79 Å². The van der Waals surface area contributed by atoms with Crippen LogP contribution < -0.4 is 14.7 Å². The van der Waals surface area contributed by atoms with Crippen LogP contribution in [0.2, 0.25) is 0 Å². The number of anilines is 3. The summed E-state index contributed by atoms with van der Waals surface area (Å²) in [4.78, 5) is 31.6. The number of piperazine rings is 1. The summed E-state index contributed by atoms with van der Waals surface area (Å²) in [5.41, 5.74) is 5.18. The molecule has 0 bridgehead atoms. The molecule has 2 aromatic rings. The number of para-hydroxylation sites is 1. The van der Waals surface area contributed by atoms with Crippen LogP contribution in [0.15, 0.2) is 36.9 Å². The number of nitrogens with zero attached hydrogens (tertiary/aromatic N) is 7. The van der Waals surface area contributed by atoms with Crippen molar-refractivity contribution >= 4 is 23.4 Å². The number of carbonyl (C=O) groups is 1. The van der Waals surface area contributed by atoms with Crippen LogP contribution in [0.5, 0.6) is 0 Å². The van der Waals surface area contributed by atoms with E-state index in [2.05, 4.69) is 51.6 Å². The maximum absolute atomic E-state index is 12.5. The van der Waals surface area contributed by atoms with Crippen molar-refractivity contribution in [3.8, 4) is 6.07 Å². The normalized spacial score (nSPS) is 23.0. The Labute approximate surface area is 230 Å². The number of amides is 1. The molecule has 0 N–H and O–H groups in total. The summed E-state index contributed by atoms with van der Waals surface area (Å²) in [5, 5.41) is 9.49. The van der Waals surface area contributed by atoms with E-state index in [-0.39, 0.29) is 24.5 Å². The van der Waals surface area contributed by atoms with E-state index in [9.17, 15) is 10.1 Å². The molecule has 1 aromatic carbocycles. The largest absolute Gasteiger partial charge is 0.378 e. The van der Waals surface area contributed by atoms with Crippen molar-refractivity contribution in [1.82, 2.24) is 14.9 Å². The van der Waals surface area contributed by atoms with Crippen LogP contribution in [0.25, 0.3) is 0 Å². The van der Waals surface area contributed by atoms with Crippen molar-refractivity contribution in [3.63, 3.8) is 0 Å². The molecule has 39 heavy (non-hydrogen) atoms. The second kappa shape index (κ2) is 10.9. The van der Waals surface area contributed by atoms with Crippen LogP contribution in [-0.2, 0) is 28.8 Å². The number of hydrogen-bond donors (Lipinski definition) is 0. The van der Waals surface area contributed by atoms with Crippen LogP contribution in [0.3, 0.4) is 0 Å². The van der Waals surface area contributed by atoms with Crippen molar-refractivity contribution in [2.45, 2.75) is 56.7 Å². The van der Waals surface area contributed by atoms with Gasteiger partial charge in [0.2, 0.25) is 11.9 Å². The maximum Gasteiger partial charge on any atom is 0.246 e. The summed E-state index contributed by atoms with van der Waals surface area (Å²) in [5.74, 6) is 1.62. The topological polar surface area (TPSA) is 88.8 Å². The molecule has 2 unspecified atom stereocenters. The molecule has 2 saturated heterocycles. The van der Waals surface area contributed by atoms with Gasteiger partial charge < -0.3 is 24.3 Å². The third-order valence-electron chi connectivity index (χ3n) is 8.83. The summed E-state index contributed by atoms with van der Waals surface area (Å²) >= 11 is 0. The Kier molecular flexibility index (Phi) is 7.13. The Morgan fingerprint density at radius 2 is 2.00 bits per heavy atom. The van der Waals surface area contributed by atoms with Gasteiger partial charge in [-0.05, 0) is 43.4 Å². The first-order chi connectivity index (χ1) is 19.1. The van der Waals surface area contributed by atoms with E-state index >= 15 is 0 Å². The minimum absolute atomic E-state index is 0.115. The zero-order chi connectivity index (χ0) is 26.9. The predicted molar refractivity (Wildman–Crippen MR) is 151 cm³/mol. The highest BCUT2D eigenvalue weighted by molar-refractivity contribution is 5.87. The van der Waals surface area contributed by atoms with Crippen LogP contribution >= 0.6 is 0 Å². The first kappa shape index (κ1) is 25.6. The molecule has 1 aliphatic carbocycles. The molecule has 1 aromatic heterocycles. The fourth-order valence-corrected chi connectivity index (χ4v) is 6.66. The molecule has 3 aliphatic heterocycles. The van der Waals surface area contributed by atoms with E-state index in [0.717, 1.165) is 62.8 Å². The lowest BCUT2D eigenvalue weighted by Gasteiger charge is -2.44. The number of rotatable bonds is 6. The Morgan fingerprint density at radius 3 is 2.79 bits per heavy atom. The fraction of sp³-hybridized carbons (Fsp3) is 0.533. The van der Waals surface area contributed by atoms with Crippen LogP contribution in [-0.4, -0.2) is 85.3 Å². The zero-order valence-electron chi connectivity index (χ0n) is 22.8. The van der Waals surface area contributed by atoms with Gasteiger partial charge in [-0.25, -0.2) is 4.98 Å². The van der Waals surface area contributed by atoms with Gasteiger partial charge in [-0.2, -0.15) is 10.2 Å². The number of aromatic nitrogens is 2. The SMILES string of the molecule is C=CC(=O)N1CCN(c2nc(N3CC(OC)C3)nc3c2CCC(N2CCCc4ccccc42)C3)CC1CC#N. The lowest BCUT2D eigenvalue weighted by molar-refractivity contribution is -0.128. The number of fused-ring (bicyclic) bond motifs is 2. The zero-order valence-corrected chi connectivity index (χ0v) is 22.8. The highest BCUT2D eigenvalue weighted by Crippen LogP contribution is 2.37. The van der Waals surface area contributed by atoms with Gasteiger partial charge in [0.1, 0.15) is 5.82 Å². The summed E-state index contributed by atoms with van der Waals surface area (Å²) in [7, 11) is 1.75. The second-order valence-corrected chi connectivity index (χ2v) is 11.1. The number of ether oxygens (including phenoxy) is 1. The van der Waals surface area contributed by atoms with Gasteiger partial charge in [0.15, 0.2) is 0 Å². The number of carbonyl (C=O) groups excluding carboxylic acids is 1. The van der Waals surface area contributed by atoms with Gasteiger partial charge in [0.05, 0.1) is 30.3 Å². The molecule has 6 rings (SSSR count). The monoisotopic (exact) mass is 527 g/mol. The van der Waals surface area contributed by atoms with Crippen molar-refractivity contribution in [2.24, 2.45) is 0 Å². The average molecular weight is 528 g/mol. The quantitative estimate of drug-likeness (QED) is 0.530. The standard InChI is InChI=1S/C30H37N7O2/c1-3-28(38)37-16-15-34(18-23(37)12-13-31)29-25-11-10-22(36-14-6-8-21-7-4-5-9-27(21)36)17-26(25)32-30(33-29)35-19-24(20-35)39-2/h3-5,7,9,22-24H,1,6,8,10-12,14-20H2,2H3. The fourth-order valence-electron chi connectivity index (χ4n) is 6.66. The van der Waals surface area contributed by atoms with Gasteiger partial charge in [-0.15, -0.1) is 0 Å². The Balaban J connectivity index is 1.31. The lowest BCUT2D eigenvalue weighted by atomic mass is 9.88. The van der Waals surface area contributed by atoms with Crippen molar-refractivity contribution in [2.75, 3.05) is 61.1 Å². The Morgan fingerprint density at radius 1 is 1.15 bits per heavy atom. The number of nitriles is 1. The van der Waals surface area contributed by atoms with E-state index in [1.807, 2.05) is 0 Å². The van der Waals surface area contributed by atoms with Gasteiger partial charge in [0, 0.05) is 70.1 Å². The van der Waals surface area contributed by atoms with Crippen LogP contribution in [0.1, 0.15) is 36.1 Å². The molecule has 2 fully saturated rings. The highest BCUT2D eigenvalue weighted by Gasteiger charge is 2.37. The van der Waals surface area contributed by atoms with E-state index in [1.165, 1.54) is 29.3 Å². The molecule has 2 atom stereocenters. The summed E-state index contributed by atoms with van der Waals surface area (Å²) in [6.07, 6.45) is 7.04. The molecule has 0 saturated carbocycles. The van der Waals surface area contributed by atoms with Crippen LogP contribution in [0.4, 0.5) is 17.5 Å². The van der Waals surface area contributed by atoms with Crippen molar-refractivity contribution in [1.29, 1.82) is 5.26 Å². The smallest absolute Gasteiger partial charge is 0.246 e. The average Bonchev–Trinajstić information content (AvgIpc) is 2.95. The summed E-state index contributed by atoms with van der Waals surface area (Å²) in [6.45, 7) is 8.12. The Bertz CT molecular complexity index is 1280. The molecule has 0 radical (unpaired) electrons. The second-order valence-electron chi connectivity index (χ2n) is 11.1. The molecule has 204 valence electrons. The van der Waals surface area contributed by atoms with E-state index in [0.29, 0.717) is 25.7 Å². The van der Waals surface area contributed by atoms with Gasteiger partial charge >= 0.3 is 0 Å². The van der Waals surface area contributed by atoms with Gasteiger partial charge in [-0.1, -0.05) is 24.8 Å². The Hall–Kier alpha value is -3.64. The molecule has 4 aliphatic rings. The van der Waals surface area contributed by atoms with Crippen molar-refractivity contribution < 1.29 is 9.53 Å². The van der Waals surface area contributed by atoms with E-state index in [1.54, 1.807) is 12.0 Å². The summed E-state index contributed by atoms with van der Waals surface area (Å²) < 4.78 is 5.52. The first-order valence-electron chi connectivity index (χ1n) is 14.2. The third-order valence-corrected chi connectivity index (χ3v) is 8.83. The summed E-state index contributed by atoms with van der Waals surface area (Å²) in [6, 6.07) is 11.3. The number of methoxy groups -OCH3 is 1. The molecule has 9 heteroatoms. The lowest BCUT2D eigenvalue weighted by Crippen LogP contribution is -2.56. The molecule has 0 spiro atoms. The number of hydrogen-bond acceptors (Lipinski definition) is 8. The highest BCUT2D eigenvalue weighted by atomic mass is 16.5. The van der Waals surface area contributed by atoms with E-state index in [4.69, 9.17) is 14.7 Å². The minimum Gasteiger partial charge on any atom is -0.378 e. The molecular weight excluding hydrogens is 490 g/mol. The molecule has 1 amide bonds. The minimum atomic E-state index is -0.189. The maximum atomic E-state index is 12.5. The van der Waals surface area contributed by atoms with Crippen LogP contribution in [0, 0.1) is 11.3 Å². The number of aryl methyl sites for hydroxylation is 1. The molecule has 4 heterocycles. The molecular formula is C30H37N7O2. The first-order valence-corrected chi connectivity index (χ1v) is 14.2. The van der Waals surface area contributed by atoms with Crippen molar-refractivity contribution in [3.05, 3.63) is 53.7 Å². The number of benzene rings is 1. The van der Waals surface area contributed by atoms with Gasteiger partial charge in [0.25, 0.3) is 0 Å². The molecule has 9 nitrogen and oxygen atoms in total. The third kappa shape index (κ3) is 4.82. The predicted octanol–water partition coefficient (Wildman–Crippen LogP) is 2.74.